The van der Waals surface area contributed by atoms with Gasteiger partial charge in [0, 0.05) is 5.69 Å². The molecule has 31 heavy (non-hydrogen) atoms. The van der Waals surface area contributed by atoms with Gasteiger partial charge in [0.15, 0.2) is 0 Å². The first-order chi connectivity index (χ1) is 14.9. The normalized spacial score (nSPS) is 11.6. The first-order valence-electron chi connectivity index (χ1n) is 9.37. The molecule has 0 aromatic heterocycles. The maximum atomic E-state index is 12.7. The van der Waals surface area contributed by atoms with Gasteiger partial charge in [-0.1, -0.05) is 54.1 Å². The number of benzene rings is 3. The SMILES string of the molecule is O=C(CC(NC(=O)c1ccccc1Cl)c1ccccc1)Nc1ccc(OC(F)F)cc1. The monoisotopic (exact) mass is 444 g/mol. The van der Waals surface area contributed by atoms with Crippen LogP contribution < -0.4 is 15.4 Å². The van der Waals surface area contributed by atoms with Gasteiger partial charge >= 0.3 is 6.61 Å². The largest absolute Gasteiger partial charge is 0.435 e. The summed E-state index contributed by atoms with van der Waals surface area (Å²) in [6.45, 7) is -2.92. The molecule has 1 atom stereocenters. The number of rotatable bonds is 8. The molecule has 0 bridgehead atoms. The third kappa shape index (κ3) is 6.52. The first kappa shape index (κ1) is 22.2. The summed E-state index contributed by atoms with van der Waals surface area (Å²) in [5, 5.41) is 5.85. The Kier molecular flexibility index (Phi) is 7.56. The minimum absolute atomic E-state index is 0.0119. The second-order valence-electron chi connectivity index (χ2n) is 6.57. The third-order valence-corrected chi connectivity index (χ3v) is 4.71. The summed E-state index contributed by atoms with van der Waals surface area (Å²) in [4.78, 5) is 25.3. The van der Waals surface area contributed by atoms with Gasteiger partial charge in [-0.2, -0.15) is 8.78 Å². The van der Waals surface area contributed by atoms with Gasteiger partial charge in [-0.05, 0) is 42.0 Å². The quantitative estimate of drug-likeness (QED) is 0.486. The maximum absolute atomic E-state index is 12.7. The fourth-order valence-corrected chi connectivity index (χ4v) is 3.16. The van der Waals surface area contributed by atoms with E-state index in [1.54, 1.807) is 36.4 Å². The number of ether oxygens (including phenoxy) is 1. The summed E-state index contributed by atoms with van der Waals surface area (Å²) in [6, 6.07) is 20.7. The molecule has 0 saturated heterocycles. The van der Waals surface area contributed by atoms with Crippen molar-refractivity contribution in [2.24, 2.45) is 0 Å². The molecule has 3 aromatic rings. The average molecular weight is 445 g/mol. The van der Waals surface area contributed by atoms with Crippen molar-refractivity contribution in [1.29, 1.82) is 0 Å². The zero-order valence-corrected chi connectivity index (χ0v) is 17.0. The van der Waals surface area contributed by atoms with Crippen LogP contribution in [0.4, 0.5) is 14.5 Å². The molecule has 0 fully saturated rings. The molecule has 8 heteroatoms. The van der Waals surface area contributed by atoms with E-state index >= 15 is 0 Å². The molecule has 3 rings (SSSR count). The van der Waals surface area contributed by atoms with Gasteiger partial charge in [0.05, 0.1) is 23.0 Å². The van der Waals surface area contributed by atoms with E-state index in [2.05, 4.69) is 15.4 Å². The van der Waals surface area contributed by atoms with Crippen molar-refractivity contribution in [3.8, 4) is 5.75 Å². The van der Waals surface area contributed by atoms with Gasteiger partial charge in [-0.3, -0.25) is 9.59 Å². The first-order valence-corrected chi connectivity index (χ1v) is 9.75. The summed E-state index contributed by atoms with van der Waals surface area (Å²) in [5.74, 6) is -0.779. The van der Waals surface area contributed by atoms with Gasteiger partial charge in [-0.25, -0.2) is 0 Å². The number of hydrogen-bond acceptors (Lipinski definition) is 3. The number of nitrogens with one attached hydrogen (secondary N) is 2. The zero-order chi connectivity index (χ0) is 22.2. The highest BCUT2D eigenvalue weighted by Crippen LogP contribution is 2.22. The number of alkyl halides is 2. The Morgan fingerprint density at radius 1 is 0.903 bits per heavy atom. The van der Waals surface area contributed by atoms with Crippen LogP contribution in [-0.4, -0.2) is 18.4 Å². The number of anilines is 1. The fourth-order valence-electron chi connectivity index (χ4n) is 2.94. The van der Waals surface area contributed by atoms with Crippen molar-refractivity contribution in [1.82, 2.24) is 5.32 Å². The van der Waals surface area contributed by atoms with Crippen LogP contribution in [0.25, 0.3) is 0 Å². The van der Waals surface area contributed by atoms with Crippen LogP contribution in [0.2, 0.25) is 5.02 Å². The van der Waals surface area contributed by atoms with Gasteiger partial charge in [0.25, 0.3) is 5.91 Å². The standard InChI is InChI=1S/C23H19ClF2N2O3/c24-19-9-5-4-8-18(19)22(30)28-20(15-6-2-1-3-7-15)14-21(29)27-16-10-12-17(13-11-16)31-23(25)26/h1-13,20,23H,14H2,(H,27,29)(H,28,30). The molecular weight excluding hydrogens is 426 g/mol. The lowest BCUT2D eigenvalue weighted by Gasteiger charge is -2.19. The predicted octanol–water partition coefficient (Wildman–Crippen LogP) is 5.44. The van der Waals surface area contributed by atoms with Crippen LogP contribution >= 0.6 is 11.6 Å². The van der Waals surface area contributed by atoms with Crippen molar-refractivity contribution in [2.45, 2.75) is 19.1 Å². The minimum atomic E-state index is -2.92. The molecule has 0 aliphatic carbocycles. The van der Waals surface area contributed by atoms with E-state index in [-0.39, 0.29) is 18.1 Å². The number of carbonyl (C=O) groups excluding carboxylic acids is 2. The molecule has 1 unspecified atom stereocenters. The van der Waals surface area contributed by atoms with Crippen LogP contribution in [0, 0.1) is 0 Å². The lowest BCUT2D eigenvalue weighted by molar-refractivity contribution is -0.116. The second kappa shape index (κ2) is 10.5. The summed E-state index contributed by atoms with van der Waals surface area (Å²) in [5.41, 5.74) is 1.47. The molecule has 0 aliphatic rings. The van der Waals surface area contributed by atoms with Crippen LogP contribution in [-0.2, 0) is 4.79 Å². The van der Waals surface area contributed by atoms with Gasteiger partial charge in [-0.15, -0.1) is 0 Å². The lowest BCUT2D eigenvalue weighted by atomic mass is 10.0. The van der Waals surface area contributed by atoms with E-state index in [9.17, 15) is 18.4 Å². The van der Waals surface area contributed by atoms with E-state index in [1.165, 1.54) is 24.3 Å². The van der Waals surface area contributed by atoms with Crippen molar-refractivity contribution < 1.29 is 23.1 Å². The Bertz CT molecular complexity index is 1030. The van der Waals surface area contributed by atoms with Gasteiger partial charge < -0.3 is 15.4 Å². The fraction of sp³-hybridized carbons (Fsp3) is 0.130. The molecule has 2 amide bonds. The Morgan fingerprint density at radius 2 is 1.55 bits per heavy atom. The Hall–Kier alpha value is -3.45. The summed E-state index contributed by atoms with van der Waals surface area (Å²) < 4.78 is 28.8. The third-order valence-electron chi connectivity index (χ3n) is 4.38. The molecule has 0 radical (unpaired) electrons. The lowest BCUT2D eigenvalue weighted by Crippen LogP contribution is -2.31. The minimum Gasteiger partial charge on any atom is -0.435 e. The van der Waals surface area contributed by atoms with Crippen molar-refractivity contribution in [3.05, 3.63) is 95.0 Å². The highest BCUT2D eigenvalue weighted by Gasteiger charge is 2.20. The van der Waals surface area contributed by atoms with E-state index in [4.69, 9.17) is 11.6 Å². The van der Waals surface area contributed by atoms with Gasteiger partial charge in [0.1, 0.15) is 5.75 Å². The van der Waals surface area contributed by atoms with Crippen LogP contribution in [0.5, 0.6) is 5.75 Å². The zero-order valence-electron chi connectivity index (χ0n) is 16.2. The summed E-state index contributed by atoms with van der Waals surface area (Å²) >= 11 is 6.11. The smallest absolute Gasteiger partial charge is 0.387 e. The molecule has 3 aromatic carbocycles. The Balaban J connectivity index is 1.70. The summed E-state index contributed by atoms with van der Waals surface area (Å²) in [6.07, 6.45) is -0.0461. The Labute approximate surface area is 183 Å². The molecule has 0 spiro atoms. The maximum Gasteiger partial charge on any atom is 0.387 e. The van der Waals surface area contributed by atoms with E-state index in [0.717, 1.165) is 5.56 Å². The molecular formula is C23H19ClF2N2O3. The van der Waals surface area contributed by atoms with Crippen LogP contribution in [0.1, 0.15) is 28.4 Å². The molecule has 2 N–H and O–H groups in total. The van der Waals surface area contributed by atoms with Crippen molar-refractivity contribution >= 4 is 29.1 Å². The van der Waals surface area contributed by atoms with E-state index in [1.807, 2.05) is 18.2 Å². The summed E-state index contributed by atoms with van der Waals surface area (Å²) in [7, 11) is 0. The van der Waals surface area contributed by atoms with Crippen LogP contribution in [0.15, 0.2) is 78.9 Å². The van der Waals surface area contributed by atoms with Gasteiger partial charge in [0.2, 0.25) is 5.91 Å². The molecule has 160 valence electrons. The number of halogens is 3. The predicted molar refractivity (Wildman–Crippen MR) is 114 cm³/mol. The average Bonchev–Trinajstić information content (AvgIpc) is 2.75. The highest BCUT2D eigenvalue weighted by molar-refractivity contribution is 6.33. The molecule has 0 saturated carbocycles. The number of amides is 2. The number of hydrogen-bond donors (Lipinski definition) is 2. The van der Waals surface area contributed by atoms with E-state index in [0.29, 0.717) is 16.3 Å². The molecule has 0 heterocycles. The topological polar surface area (TPSA) is 67.4 Å². The second-order valence-corrected chi connectivity index (χ2v) is 6.98. The molecule has 5 nitrogen and oxygen atoms in total. The van der Waals surface area contributed by atoms with Crippen molar-refractivity contribution in [2.75, 3.05) is 5.32 Å². The van der Waals surface area contributed by atoms with E-state index < -0.39 is 18.6 Å². The van der Waals surface area contributed by atoms with Crippen molar-refractivity contribution in [3.63, 3.8) is 0 Å². The Morgan fingerprint density at radius 3 is 2.19 bits per heavy atom. The van der Waals surface area contributed by atoms with Crippen LogP contribution in [0.3, 0.4) is 0 Å². The number of carbonyl (C=O) groups is 2. The molecule has 0 aliphatic heterocycles. The highest BCUT2D eigenvalue weighted by atomic mass is 35.5.